The molecule has 3 rings (SSSR count). The van der Waals surface area contributed by atoms with Gasteiger partial charge in [-0.25, -0.2) is 8.78 Å². The average Bonchev–Trinajstić information content (AvgIpc) is 3.01. The minimum Gasteiger partial charge on any atom is -0.325 e. The van der Waals surface area contributed by atoms with Crippen molar-refractivity contribution in [2.75, 3.05) is 11.1 Å². The summed E-state index contributed by atoms with van der Waals surface area (Å²) in [7, 11) is 0. The third-order valence-corrected chi connectivity index (χ3v) is 4.12. The molecule has 3 aromatic rings. The molecule has 0 saturated heterocycles. The first-order valence-electron chi connectivity index (χ1n) is 7.25. The molecule has 9 heteroatoms. The van der Waals surface area contributed by atoms with Gasteiger partial charge in [0.1, 0.15) is 11.6 Å². The van der Waals surface area contributed by atoms with Gasteiger partial charge in [0.05, 0.1) is 11.4 Å². The van der Waals surface area contributed by atoms with E-state index in [-0.39, 0.29) is 11.4 Å². The number of halogens is 2. The van der Waals surface area contributed by atoms with E-state index in [0.29, 0.717) is 5.16 Å². The SMILES string of the molecule is Cc1ccc(-n2nnnc2SCC(=O)Nc2cc(F)cc(F)c2)cc1. The second-order valence-electron chi connectivity index (χ2n) is 5.20. The lowest BCUT2D eigenvalue weighted by Gasteiger charge is -2.06. The van der Waals surface area contributed by atoms with Crippen molar-refractivity contribution in [2.24, 2.45) is 0 Å². The number of thioether (sulfide) groups is 1. The molecule has 0 spiro atoms. The Hall–Kier alpha value is -2.81. The van der Waals surface area contributed by atoms with Gasteiger partial charge in [0, 0.05) is 11.8 Å². The molecule has 0 aliphatic rings. The van der Waals surface area contributed by atoms with E-state index in [1.54, 1.807) is 0 Å². The van der Waals surface area contributed by atoms with E-state index >= 15 is 0 Å². The van der Waals surface area contributed by atoms with E-state index in [4.69, 9.17) is 0 Å². The monoisotopic (exact) mass is 361 g/mol. The number of rotatable bonds is 5. The lowest BCUT2D eigenvalue weighted by molar-refractivity contribution is -0.113. The second-order valence-corrected chi connectivity index (χ2v) is 6.15. The highest BCUT2D eigenvalue weighted by atomic mass is 32.2. The highest BCUT2D eigenvalue weighted by molar-refractivity contribution is 7.99. The van der Waals surface area contributed by atoms with Crippen molar-refractivity contribution in [3.05, 3.63) is 59.7 Å². The number of aromatic nitrogens is 4. The van der Waals surface area contributed by atoms with Crippen LogP contribution in [-0.2, 0) is 4.79 Å². The standard InChI is InChI=1S/C16H13F2N5OS/c1-10-2-4-14(5-3-10)23-16(20-21-22-23)25-9-15(24)19-13-7-11(17)6-12(18)8-13/h2-8H,9H2,1H3,(H,19,24). The number of nitrogens with one attached hydrogen (secondary N) is 1. The molecule has 1 amide bonds. The molecule has 0 aliphatic carbocycles. The Labute approximate surface area is 146 Å². The highest BCUT2D eigenvalue weighted by Crippen LogP contribution is 2.19. The van der Waals surface area contributed by atoms with Crippen LogP contribution >= 0.6 is 11.8 Å². The van der Waals surface area contributed by atoms with Gasteiger partial charge in [0.15, 0.2) is 0 Å². The molecule has 2 aromatic carbocycles. The summed E-state index contributed by atoms with van der Waals surface area (Å²) in [6.07, 6.45) is 0. The van der Waals surface area contributed by atoms with Gasteiger partial charge >= 0.3 is 0 Å². The summed E-state index contributed by atoms with van der Waals surface area (Å²) in [5.41, 5.74) is 1.93. The average molecular weight is 361 g/mol. The maximum Gasteiger partial charge on any atom is 0.234 e. The second kappa shape index (κ2) is 7.39. The quantitative estimate of drug-likeness (QED) is 0.708. The van der Waals surface area contributed by atoms with Gasteiger partial charge in [0.2, 0.25) is 11.1 Å². The molecule has 6 nitrogen and oxygen atoms in total. The third-order valence-electron chi connectivity index (χ3n) is 3.20. The Morgan fingerprint density at radius 2 is 1.84 bits per heavy atom. The molecule has 1 heterocycles. The molecule has 0 bridgehead atoms. The van der Waals surface area contributed by atoms with Crippen molar-refractivity contribution in [1.29, 1.82) is 0 Å². The number of tetrazole rings is 1. The van der Waals surface area contributed by atoms with Crippen LogP contribution in [0, 0.1) is 18.6 Å². The van der Waals surface area contributed by atoms with Crippen LogP contribution in [-0.4, -0.2) is 31.9 Å². The van der Waals surface area contributed by atoms with Crippen molar-refractivity contribution in [2.45, 2.75) is 12.1 Å². The number of carbonyl (C=O) groups excluding carboxylic acids is 1. The van der Waals surface area contributed by atoms with Gasteiger partial charge < -0.3 is 5.32 Å². The summed E-state index contributed by atoms with van der Waals surface area (Å²) in [5, 5.41) is 14.3. The van der Waals surface area contributed by atoms with Crippen LogP contribution in [0.5, 0.6) is 0 Å². The molecule has 0 aliphatic heterocycles. The Kier molecular flexibility index (Phi) is 5.03. The molecule has 0 unspecified atom stereocenters. The molecule has 128 valence electrons. The maximum atomic E-state index is 13.1. The fourth-order valence-corrected chi connectivity index (χ4v) is 2.76. The maximum absolute atomic E-state index is 13.1. The van der Waals surface area contributed by atoms with E-state index in [1.807, 2.05) is 31.2 Å². The lowest BCUT2D eigenvalue weighted by Crippen LogP contribution is -2.15. The Morgan fingerprint density at radius 3 is 2.52 bits per heavy atom. The largest absolute Gasteiger partial charge is 0.325 e. The number of carbonyl (C=O) groups is 1. The van der Waals surface area contributed by atoms with Gasteiger partial charge in [0.25, 0.3) is 0 Å². The summed E-state index contributed by atoms with van der Waals surface area (Å²) in [5.74, 6) is -1.95. The number of amides is 1. The number of aryl methyl sites for hydroxylation is 1. The van der Waals surface area contributed by atoms with E-state index in [0.717, 1.165) is 41.2 Å². The summed E-state index contributed by atoms with van der Waals surface area (Å²) in [6.45, 7) is 1.97. The molecular weight excluding hydrogens is 348 g/mol. The fraction of sp³-hybridized carbons (Fsp3) is 0.125. The van der Waals surface area contributed by atoms with Crippen molar-refractivity contribution >= 4 is 23.4 Å². The highest BCUT2D eigenvalue weighted by Gasteiger charge is 2.12. The topological polar surface area (TPSA) is 72.7 Å². The summed E-state index contributed by atoms with van der Waals surface area (Å²) >= 11 is 1.12. The first-order valence-corrected chi connectivity index (χ1v) is 8.24. The Bertz CT molecular complexity index is 878. The lowest BCUT2D eigenvalue weighted by atomic mass is 10.2. The molecule has 0 saturated carbocycles. The van der Waals surface area contributed by atoms with Gasteiger partial charge in [-0.3, -0.25) is 4.79 Å². The van der Waals surface area contributed by atoms with Crippen molar-refractivity contribution in [3.8, 4) is 5.69 Å². The van der Waals surface area contributed by atoms with Crippen LogP contribution in [0.15, 0.2) is 47.6 Å². The minimum atomic E-state index is -0.758. The van der Waals surface area contributed by atoms with Crippen molar-refractivity contribution < 1.29 is 13.6 Å². The van der Waals surface area contributed by atoms with Crippen LogP contribution in [0.25, 0.3) is 5.69 Å². The van der Waals surface area contributed by atoms with Gasteiger partial charge in [-0.1, -0.05) is 29.5 Å². The zero-order valence-corrected chi connectivity index (χ0v) is 13.9. The first kappa shape index (κ1) is 17.0. The molecule has 25 heavy (non-hydrogen) atoms. The van der Waals surface area contributed by atoms with E-state index < -0.39 is 17.5 Å². The minimum absolute atomic E-state index is 0.00956. The molecule has 1 N–H and O–H groups in total. The molecule has 1 aromatic heterocycles. The molecule has 0 radical (unpaired) electrons. The van der Waals surface area contributed by atoms with Crippen LogP contribution < -0.4 is 5.32 Å². The van der Waals surface area contributed by atoms with Crippen LogP contribution in [0.2, 0.25) is 0 Å². The fourth-order valence-electron chi connectivity index (χ4n) is 2.07. The molecule has 0 atom stereocenters. The van der Waals surface area contributed by atoms with Crippen LogP contribution in [0.3, 0.4) is 0 Å². The Balaban J connectivity index is 1.65. The number of nitrogens with zero attached hydrogens (tertiary/aromatic N) is 4. The van der Waals surface area contributed by atoms with E-state index in [1.165, 1.54) is 4.68 Å². The number of hydrogen-bond donors (Lipinski definition) is 1. The predicted octanol–water partition coefficient (Wildman–Crippen LogP) is 2.98. The zero-order chi connectivity index (χ0) is 17.8. The third kappa shape index (κ3) is 4.38. The Morgan fingerprint density at radius 1 is 1.16 bits per heavy atom. The summed E-state index contributed by atoms with van der Waals surface area (Å²) in [4.78, 5) is 12.0. The smallest absolute Gasteiger partial charge is 0.234 e. The zero-order valence-electron chi connectivity index (χ0n) is 13.1. The first-order chi connectivity index (χ1) is 12.0. The number of anilines is 1. The van der Waals surface area contributed by atoms with Gasteiger partial charge in [-0.15, -0.1) is 5.10 Å². The van der Waals surface area contributed by atoms with Gasteiger partial charge in [-0.05, 0) is 41.6 Å². The summed E-state index contributed by atoms with van der Waals surface area (Å²) in [6, 6.07) is 10.4. The number of hydrogen-bond acceptors (Lipinski definition) is 5. The van der Waals surface area contributed by atoms with Gasteiger partial charge in [-0.2, -0.15) is 4.68 Å². The van der Waals surface area contributed by atoms with Crippen molar-refractivity contribution in [3.63, 3.8) is 0 Å². The number of benzene rings is 2. The van der Waals surface area contributed by atoms with Crippen LogP contribution in [0.4, 0.5) is 14.5 Å². The molecule has 0 fully saturated rings. The van der Waals surface area contributed by atoms with E-state index in [2.05, 4.69) is 20.8 Å². The summed E-state index contributed by atoms with van der Waals surface area (Å²) < 4.78 is 27.8. The normalized spacial score (nSPS) is 10.7. The van der Waals surface area contributed by atoms with Crippen LogP contribution in [0.1, 0.15) is 5.56 Å². The predicted molar refractivity (Wildman–Crippen MR) is 89.6 cm³/mol. The van der Waals surface area contributed by atoms with Crippen molar-refractivity contribution in [1.82, 2.24) is 20.2 Å². The van der Waals surface area contributed by atoms with E-state index in [9.17, 15) is 13.6 Å². The molecular formula is C16H13F2N5OS.